The van der Waals surface area contributed by atoms with E-state index < -0.39 is 5.97 Å². The number of hydrogen-bond donors (Lipinski definition) is 1. The number of carboxylic acids is 1. The number of aliphatic carboxylic acids is 1. The van der Waals surface area contributed by atoms with Gasteiger partial charge in [-0.3, -0.25) is 4.79 Å². The van der Waals surface area contributed by atoms with Crippen molar-refractivity contribution in [1.82, 2.24) is 0 Å². The highest BCUT2D eigenvalue weighted by Gasteiger charge is 2.23. The minimum Gasteiger partial charge on any atom is -0.481 e. The smallest absolute Gasteiger partial charge is 0.306 e. The molecule has 2 nitrogen and oxygen atoms in total. The molecule has 1 N–H and O–H groups in total. The molecule has 3 heteroatoms. The van der Waals surface area contributed by atoms with Gasteiger partial charge in [0.25, 0.3) is 0 Å². The van der Waals surface area contributed by atoms with E-state index in [2.05, 4.69) is 11.6 Å². The molecule has 1 saturated carbocycles. The molecule has 0 radical (unpaired) electrons. The lowest BCUT2D eigenvalue weighted by Gasteiger charge is -2.19. The quantitative estimate of drug-likeness (QED) is 0.578. The SMILES string of the molecule is CCl.O=C(O)C1CCC1. The molecular formula is C6H11ClO2. The maximum Gasteiger partial charge on any atom is 0.306 e. The standard InChI is InChI=1S/C5H8O2.CH3Cl/c6-5(7)4-2-1-3-4;1-2/h4H,1-3H2,(H,6,7);1H3. The van der Waals surface area contributed by atoms with Gasteiger partial charge in [-0.2, -0.15) is 0 Å². The highest BCUT2D eigenvalue weighted by atomic mass is 35.5. The zero-order chi connectivity index (χ0) is 7.28. The second-order valence-electron chi connectivity index (χ2n) is 1.97. The predicted molar refractivity (Wildman–Crippen MR) is 36.8 cm³/mol. The van der Waals surface area contributed by atoms with Crippen molar-refractivity contribution in [3.8, 4) is 0 Å². The third-order valence-electron chi connectivity index (χ3n) is 1.45. The summed E-state index contributed by atoms with van der Waals surface area (Å²) in [5.41, 5.74) is 0. The van der Waals surface area contributed by atoms with Crippen LogP contribution in [-0.2, 0) is 4.79 Å². The molecule has 0 aromatic heterocycles. The zero-order valence-electron chi connectivity index (χ0n) is 5.43. The number of hydrogen-bond acceptors (Lipinski definition) is 1. The van der Waals surface area contributed by atoms with Crippen molar-refractivity contribution >= 4 is 17.6 Å². The molecule has 1 rings (SSSR count). The molecule has 0 unspecified atom stereocenters. The Kier molecular flexibility index (Phi) is 4.50. The van der Waals surface area contributed by atoms with Gasteiger partial charge in [-0.15, -0.1) is 11.6 Å². The van der Waals surface area contributed by atoms with Gasteiger partial charge in [0.2, 0.25) is 0 Å². The average Bonchev–Trinajstić information content (AvgIpc) is 1.65. The van der Waals surface area contributed by atoms with Gasteiger partial charge in [0.1, 0.15) is 0 Å². The van der Waals surface area contributed by atoms with E-state index in [0.29, 0.717) is 0 Å². The largest absolute Gasteiger partial charge is 0.481 e. The van der Waals surface area contributed by atoms with Crippen LogP contribution >= 0.6 is 11.6 Å². The van der Waals surface area contributed by atoms with Gasteiger partial charge in [-0.25, -0.2) is 0 Å². The van der Waals surface area contributed by atoms with Crippen LogP contribution in [-0.4, -0.2) is 17.5 Å². The van der Waals surface area contributed by atoms with E-state index in [4.69, 9.17) is 5.11 Å². The first-order valence-electron chi connectivity index (χ1n) is 2.91. The van der Waals surface area contributed by atoms with Gasteiger partial charge in [0.05, 0.1) is 5.92 Å². The molecule has 9 heavy (non-hydrogen) atoms. The third kappa shape index (κ3) is 2.70. The summed E-state index contributed by atoms with van der Waals surface area (Å²) in [6.07, 6.45) is 4.38. The fraction of sp³-hybridized carbons (Fsp3) is 0.833. The van der Waals surface area contributed by atoms with Crippen LogP contribution in [0.1, 0.15) is 19.3 Å². The lowest BCUT2D eigenvalue weighted by molar-refractivity contribution is -0.144. The van der Waals surface area contributed by atoms with E-state index in [1.807, 2.05) is 0 Å². The van der Waals surface area contributed by atoms with E-state index in [0.717, 1.165) is 19.3 Å². The Morgan fingerprint density at radius 1 is 1.56 bits per heavy atom. The van der Waals surface area contributed by atoms with Crippen LogP contribution in [0.3, 0.4) is 0 Å². The van der Waals surface area contributed by atoms with Crippen LogP contribution in [0.2, 0.25) is 0 Å². The summed E-state index contributed by atoms with van der Waals surface area (Å²) in [7, 11) is 0. The molecule has 0 aliphatic heterocycles. The van der Waals surface area contributed by atoms with Gasteiger partial charge in [-0.1, -0.05) is 6.42 Å². The second kappa shape index (κ2) is 4.62. The molecule has 0 atom stereocenters. The zero-order valence-corrected chi connectivity index (χ0v) is 6.19. The van der Waals surface area contributed by atoms with E-state index in [1.54, 1.807) is 0 Å². The first kappa shape index (κ1) is 8.76. The predicted octanol–water partition coefficient (Wildman–Crippen LogP) is 1.73. The lowest BCUT2D eigenvalue weighted by Crippen LogP contribution is -2.20. The van der Waals surface area contributed by atoms with Crippen molar-refractivity contribution in [2.45, 2.75) is 19.3 Å². The van der Waals surface area contributed by atoms with Crippen LogP contribution < -0.4 is 0 Å². The Morgan fingerprint density at radius 3 is 2.00 bits per heavy atom. The summed E-state index contributed by atoms with van der Waals surface area (Å²) >= 11 is 4.64. The summed E-state index contributed by atoms with van der Waals surface area (Å²) in [5, 5.41) is 8.23. The Bertz CT molecular complexity index is 89.1. The van der Waals surface area contributed by atoms with Crippen molar-refractivity contribution in [3.63, 3.8) is 0 Å². The highest BCUT2D eigenvalue weighted by Crippen LogP contribution is 2.25. The summed E-state index contributed by atoms with van der Waals surface area (Å²) < 4.78 is 0. The second-order valence-corrected chi connectivity index (χ2v) is 1.97. The number of halogens is 1. The van der Waals surface area contributed by atoms with Crippen LogP contribution in [0.5, 0.6) is 0 Å². The summed E-state index contributed by atoms with van der Waals surface area (Å²) in [5.74, 6) is -0.619. The molecule has 0 bridgehead atoms. The first-order valence-corrected chi connectivity index (χ1v) is 3.67. The molecule has 1 aliphatic carbocycles. The highest BCUT2D eigenvalue weighted by molar-refractivity contribution is 6.15. The third-order valence-corrected chi connectivity index (χ3v) is 1.45. The van der Waals surface area contributed by atoms with Crippen molar-refractivity contribution in [1.29, 1.82) is 0 Å². The minimum atomic E-state index is -0.619. The molecule has 0 spiro atoms. The van der Waals surface area contributed by atoms with Gasteiger partial charge in [0.15, 0.2) is 0 Å². The van der Waals surface area contributed by atoms with Crippen molar-refractivity contribution in [2.24, 2.45) is 5.92 Å². The Balaban J connectivity index is 0.000000291. The van der Waals surface area contributed by atoms with Crippen molar-refractivity contribution in [2.75, 3.05) is 6.38 Å². The number of carboxylic acid groups (broad SMARTS) is 1. The molecule has 1 aliphatic rings. The van der Waals surface area contributed by atoms with Gasteiger partial charge in [0, 0.05) is 6.38 Å². The Labute approximate surface area is 59.8 Å². The fourth-order valence-corrected chi connectivity index (χ4v) is 0.655. The number of alkyl halides is 1. The topological polar surface area (TPSA) is 37.3 Å². The van der Waals surface area contributed by atoms with Gasteiger partial charge in [-0.05, 0) is 12.8 Å². The van der Waals surface area contributed by atoms with E-state index in [-0.39, 0.29) is 5.92 Å². The minimum absolute atomic E-state index is 0.000000000000000444. The molecule has 0 amide bonds. The molecular weight excluding hydrogens is 140 g/mol. The monoisotopic (exact) mass is 150 g/mol. The molecule has 0 aromatic carbocycles. The summed E-state index contributed by atoms with van der Waals surface area (Å²) in [6, 6.07) is 0. The molecule has 0 saturated heterocycles. The van der Waals surface area contributed by atoms with Crippen LogP contribution in [0.4, 0.5) is 0 Å². The first-order chi connectivity index (χ1) is 4.30. The van der Waals surface area contributed by atoms with Crippen molar-refractivity contribution < 1.29 is 9.90 Å². The Morgan fingerprint density at radius 2 is 2.00 bits per heavy atom. The summed E-state index contributed by atoms with van der Waals surface area (Å²) in [6.45, 7) is 0. The summed E-state index contributed by atoms with van der Waals surface area (Å²) in [4.78, 5) is 9.98. The molecule has 54 valence electrons. The maximum atomic E-state index is 9.98. The van der Waals surface area contributed by atoms with E-state index in [9.17, 15) is 4.79 Å². The number of rotatable bonds is 1. The normalized spacial score (nSPS) is 17.1. The van der Waals surface area contributed by atoms with Crippen LogP contribution in [0, 0.1) is 5.92 Å². The van der Waals surface area contributed by atoms with Crippen molar-refractivity contribution in [3.05, 3.63) is 0 Å². The molecule has 0 aromatic rings. The molecule has 1 fully saturated rings. The van der Waals surface area contributed by atoms with Crippen LogP contribution in [0.15, 0.2) is 0 Å². The fourth-order valence-electron chi connectivity index (χ4n) is 0.655. The van der Waals surface area contributed by atoms with Gasteiger partial charge >= 0.3 is 5.97 Å². The maximum absolute atomic E-state index is 9.98. The molecule has 0 heterocycles. The van der Waals surface area contributed by atoms with Crippen LogP contribution in [0.25, 0.3) is 0 Å². The Hall–Kier alpha value is -0.240. The lowest BCUT2D eigenvalue weighted by atomic mass is 9.86. The number of carbonyl (C=O) groups is 1. The van der Waals surface area contributed by atoms with E-state index in [1.165, 1.54) is 6.38 Å². The average molecular weight is 151 g/mol. The van der Waals surface area contributed by atoms with E-state index >= 15 is 0 Å². The van der Waals surface area contributed by atoms with Gasteiger partial charge < -0.3 is 5.11 Å².